The Balaban J connectivity index is 2.18. The van der Waals surface area contributed by atoms with Gasteiger partial charge in [0.2, 0.25) is 0 Å². The summed E-state index contributed by atoms with van der Waals surface area (Å²) in [5.74, 6) is 0. The lowest BCUT2D eigenvalue weighted by Gasteiger charge is -2.31. The van der Waals surface area contributed by atoms with E-state index in [1.54, 1.807) is 17.5 Å². The van der Waals surface area contributed by atoms with Crippen molar-refractivity contribution in [3.05, 3.63) is 46.2 Å². The minimum absolute atomic E-state index is 0.0439. The number of hydrogen-bond acceptors (Lipinski definition) is 5. The average Bonchev–Trinajstić information content (AvgIpc) is 2.76. The van der Waals surface area contributed by atoms with Gasteiger partial charge in [-0.2, -0.15) is 0 Å². The molecule has 19 heavy (non-hydrogen) atoms. The molecule has 0 aromatic carbocycles. The summed E-state index contributed by atoms with van der Waals surface area (Å²) in [6.45, 7) is 4.94. The van der Waals surface area contributed by atoms with E-state index in [4.69, 9.17) is 5.73 Å². The Labute approximate surface area is 118 Å². The summed E-state index contributed by atoms with van der Waals surface area (Å²) in [6, 6.07) is 4.24. The molecular weight excluding hydrogens is 256 g/mol. The van der Waals surface area contributed by atoms with Crippen LogP contribution in [-0.4, -0.2) is 28.0 Å². The second-order valence-electron chi connectivity index (χ2n) is 4.87. The van der Waals surface area contributed by atoms with E-state index in [0.29, 0.717) is 0 Å². The van der Waals surface area contributed by atoms with Crippen molar-refractivity contribution in [2.24, 2.45) is 5.73 Å². The number of pyridine rings is 1. The molecule has 2 atom stereocenters. The van der Waals surface area contributed by atoms with Crippen molar-refractivity contribution >= 4 is 11.3 Å². The summed E-state index contributed by atoms with van der Waals surface area (Å²) in [6.07, 6.45) is 3.68. The average molecular weight is 276 g/mol. The van der Waals surface area contributed by atoms with E-state index in [1.807, 2.05) is 31.6 Å². The third-order valence-electron chi connectivity index (χ3n) is 3.24. The second kappa shape index (κ2) is 6.23. The standard InChI is InChI=1S/C14H20N4S/c1-10(15)14(12-5-4-6-16-7-12)18(3)8-13-11(2)17-9-19-13/h4-7,9-10,14H,8,15H2,1-3H3. The minimum atomic E-state index is 0.0439. The Bertz CT molecular complexity index is 509. The Hall–Kier alpha value is -1.30. The molecule has 2 unspecified atom stereocenters. The molecule has 0 saturated carbocycles. The van der Waals surface area contributed by atoms with Crippen molar-refractivity contribution in [3.63, 3.8) is 0 Å². The van der Waals surface area contributed by atoms with Crippen LogP contribution in [0.3, 0.4) is 0 Å². The first-order valence-corrected chi connectivity index (χ1v) is 7.22. The van der Waals surface area contributed by atoms with Crippen LogP contribution in [0.15, 0.2) is 30.0 Å². The molecule has 0 amide bonds. The van der Waals surface area contributed by atoms with E-state index >= 15 is 0 Å². The highest BCUT2D eigenvalue weighted by molar-refractivity contribution is 7.09. The van der Waals surface area contributed by atoms with Crippen LogP contribution in [0.4, 0.5) is 0 Å². The van der Waals surface area contributed by atoms with Gasteiger partial charge in [-0.25, -0.2) is 4.98 Å². The molecule has 2 N–H and O–H groups in total. The van der Waals surface area contributed by atoms with Crippen molar-refractivity contribution in [2.45, 2.75) is 32.5 Å². The Kier molecular flexibility index (Phi) is 4.63. The maximum Gasteiger partial charge on any atom is 0.0798 e. The van der Waals surface area contributed by atoms with E-state index in [0.717, 1.165) is 17.8 Å². The summed E-state index contributed by atoms with van der Waals surface area (Å²) in [5.41, 5.74) is 10.3. The lowest BCUT2D eigenvalue weighted by molar-refractivity contribution is 0.212. The lowest BCUT2D eigenvalue weighted by atomic mass is 10.0. The lowest BCUT2D eigenvalue weighted by Crippen LogP contribution is -2.37. The fraction of sp³-hybridized carbons (Fsp3) is 0.429. The fourth-order valence-corrected chi connectivity index (χ4v) is 3.15. The molecule has 0 aliphatic carbocycles. The van der Waals surface area contributed by atoms with Gasteiger partial charge in [-0.1, -0.05) is 6.07 Å². The molecule has 0 fully saturated rings. The Morgan fingerprint density at radius 2 is 2.26 bits per heavy atom. The molecule has 4 nitrogen and oxygen atoms in total. The zero-order valence-electron chi connectivity index (χ0n) is 11.6. The van der Waals surface area contributed by atoms with Gasteiger partial charge >= 0.3 is 0 Å². The van der Waals surface area contributed by atoms with Crippen LogP contribution < -0.4 is 5.73 Å². The zero-order valence-corrected chi connectivity index (χ0v) is 12.4. The monoisotopic (exact) mass is 276 g/mol. The van der Waals surface area contributed by atoms with Crippen LogP contribution >= 0.6 is 11.3 Å². The molecular formula is C14H20N4S. The van der Waals surface area contributed by atoms with Gasteiger partial charge in [-0.15, -0.1) is 11.3 Å². The highest BCUT2D eigenvalue weighted by atomic mass is 32.1. The van der Waals surface area contributed by atoms with Crippen LogP contribution in [0.25, 0.3) is 0 Å². The van der Waals surface area contributed by atoms with Crippen molar-refractivity contribution in [1.82, 2.24) is 14.9 Å². The van der Waals surface area contributed by atoms with Crippen LogP contribution in [-0.2, 0) is 6.54 Å². The first-order chi connectivity index (χ1) is 9.09. The molecule has 0 aliphatic rings. The van der Waals surface area contributed by atoms with Crippen molar-refractivity contribution in [3.8, 4) is 0 Å². The van der Waals surface area contributed by atoms with E-state index in [9.17, 15) is 0 Å². The summed E-state index contributed by atoms with van der Waals surface area (Å²) >= 11 is 1.69. The van der Waals surface area contributed by atoms with Crippen LogP contribution in [0.2, 0.25) is 0 Å². The van der Waals surface area contributed by atoms with Crippen molar-refractivity contribution in [2.75, 3.05) is 7.05 Å². The normalized spacial score (nSPS) is 14.6. The summed E-state index contributed by atoms with van der Waals surface area (Å²) in [5, 5.41) is 0. The number of rotatable bonds is 5. The van der Waals surface area contributed by atoms with Gasteiger partial charge in [0.05, 0.1) is 17.2 Å². The number of nitrogens with two attached hydrogens (primary N) is 1. The first kappa shape index (κ1) is 14.1. The predicted molar refractivity (Wildman–Crippen MR) is 78.9 cm³/mol. The van der Waals surface area contributed by atoms with Gasteiger partial charge in [0.15, 0.2) is 0 Å². The highest BCUT2D eigenvalue weighted by Gasteiger charge is 2.22. The number of aromatic nitrogens is 2. The van der Waals surface area contributed by atoms with E-state index in [-0.39, 0.29) is 12.1 Å². The Morgan fingerprint density at radius 3 is 2.79 bits per heavy atom. The van der Waals surface area contributed by atoms with E-state index < -0.39 is 0 Å². The van der Waals surface area contributed by atoms with Gasteiger partial charge < -0.3 is 5.73 Å². The number of likely N-dealkylation sites (N-methyl/N-ethyl adjacent to an activating group) is 1. The summed E-state index contributed by atoms with van der Waals surface area (Å²) in [4.78, 5) is 12.0. The fourth-order valence-electron chi connectivity index (χ4n) is 2.31. The largest absolute Gasteiger partial charge is 0.326 e. The smallest absolute Gasteiger partial charge is 0.0798 e. The summed E-state index contributed by atoms with van der Waals surface area (Å²) in [7, 11) is 2.10. The quantitative estimate of drug-likeness (QED) is 0.911. The molecule has 2 aromatic heterocycles. The number of thiazole rings is 1. The second-order valence-corrected chi connectivity index (χ2v) is 5.81. The molecule has 102 valence electrons. The third kappa shape index (κ3) is 3.37. The number of aryl methyl sites for hydroxylation is 1. The van der Waals surface area contributed by atoms with Crippen molar-refractivity contribution in [1.29, 1.82) is 0 Å². The zero-order chi connectivity index (χ0) is 13.8. The summed E-state index contributed by atoms with van der Waals surface area (Å²) < 4.78 is 0. The van der Waals surface area contributed by atoms with E-state index in [2.05, 4.69) is 28.0 Å². The molecule has 0 spiro atoms. The maximum atomic E-state index is 6.15. The minimum Gasteiger partial charge on any atom is -0.326 e. The van der Waals surface area contributed by atoms with Gasteiger partial charge in [0.1, 0.15) is 0 Å². The molecule has 0 aliphatic heterocycles. The first-order valence-electron chi connectivity index (χ1n) is 6.34. The van der Waals surface area contributed by atoms with Gasteiger partial charge in [-0.3, -0.25) is 9.88 Å². The van der Waals surface area contributed by atoms with Gasteiger partial charge in [0, 0.05) is 29.9 Å². The Morgan fingerprint density at radius 1 is 1.47 bits per heavy atom. The van der Waals surface area contributed by atoms with E-state index in [1.165, 1.54) is 4.88 Å². The molecule has 0 radical (unpaired) electrons. The van der Waals surface area contributed by atoms with Crippen LogP contribution in [0.5, 0.6) is 0 Å². The van der Waals surface area contributed by atoms with Crippen molar-refractivity contribution < 1.29 is 0 Å². The predicted octanol–water partition coefficient (Wildman–Crippen LogP) is 2.37. The van der Waals surface area contributed by atoms with Gasteiger partial charge in [-0.05, 0) is 32.5 Å². The molecule has 2 heterocycles. The number of nitrogens with zero attached hydrogens (tertiary/aromatic N) is 3. The van der Waals surface area contributed by atoms with Crippen LogP contribution in [0.1, 0.15) is 29.1 Å². The SMILES string of the molecule is Cc1ncsc1CN(C)C(c1cccnc1)C(C)N. The topological polar surface area (TPSA) is 55.0 Å². The number of hydrogen-bond donors (Lipinski definition) is 1. The molecule has 2 aromatic rings. The third-order valence-corrected chi connectivity index (χ3v) is 4.16. The maximum absolute atomic E-state index is 6.15. The van der Waals surface area contributed by atoms with Crippen LogP contribution in [0, 0.1) is 6.92 Å². The molecule has 2 rings (SSSR count). The molecule has 5 heteroatoms. The highest BCUT2D eigenvalue weighted by Crippen LogP contribution is 2.25. The van der Waals surface area contributed by atoms with Gasteiger partial charge in [0.25, 0.3) is 0 Å². The molecule has 0 bridgehead atoms. The molecule has 0 saturated heterocycles.